The zero-order valence-electron chi connectivity index (χ0n) is 11.2. The molecular formula is C17H17NO2. The number of para-hydroxylation sites is 1. The van der Waals surface area contributed by atoms with Crippen LogP contribution < -0.4 is 10.5 Å². The zero-order valence-corrected chi connectivity index (χ0v) is 11.2. The first-order valence-corrected chi connectivity index (χ1v) is 6.85. The molecule has 0 fully saturated rings. The largest absolute Gasteiger partial charge is 0.492 e. The van der Waals surface area contributed by atoms with Crippen LogP contribution in [-0.4, -0.2) is 18.9 Å². The fraction of sp³-hybridized carbons (Fsp3) is 0.235. The molecule has 0 aliphatic carbocycles. The summed E-state index contributed by atoms with van der Waals surface area (Å²) in [6.45, 7) is 0.949. The van der Waals surface area contributed by atoms with Gasteiger partial charge in [0.2, 0.25) is 0 Å². The Morgan fingerprint density at radius 1 is 1.15 bits per heavy atom. The standard InChI is InChI=1S/C17H17NO2/c18-11-15(12-5-2-1-3-6-12)16(19)14-8-4-7-13-9-10-20-17(13)14/h1-8,15H,9-11,18H2. The summed E-state index contributed by atoms with van der Waals surface area (Å²) in [4.78, 5) is 12.8. The quantitative estimate of drug-likeness (QED) is 0.866. The SMILES string of the molecule is NCC(C(=O)c1cccc2c1OCC2)c1ccccc1. The lowest BCUT2D eigenvalue weighted by molar-refractivity contribution is 0.0959. The van der Waals surface area contributed by atoms with E-state index in [1.807, 2.05) is 48.5 Å². The van der Waals surface area contributed by atoms with E-state index in [9.17, 15) is 4.79 Å². The van der Waals surface area contributed by atoms with Crippen molar-refractivity contribution in [3.8, 4) is 5.75 Å². The number of rotatable bonds is 4. The molecule has 102 valence electrons. The molecule has 1 atom stereocenters. The number of nitrogens with two attached hydrogens (primary N) is 1. The van der Waals surface area contributed by atoms with Crippen molar-refractivity contribution in [2.75, 3.05) is 13.2 Å². The molecule has 20 heavy (non-hydrogen) atoms. The number of ketones is 1. The van der Waals surface area contributed by atoms with E-state index in [0.717, 1.165) is 23.3 Å². The second-order valence-electron chi connectivity index (χ2n) is 4.96. The van der Waals surface area contributed by atoms with Gasteiger partial charge in [-0.1, -0.05) is 42.5 Å². The summed E-state index contributed by atoms with van der Waals surface area (Å²) in [5.41, 5.74) is 8.54. The predicted octanol–water partition coefficient (Wildman–Crippen LogP) is 2.55. The molecule has 0 aromatic heterocycles. The first kappa shape index (κ1) is 12.9. The number of Topliss-reactive ketones (excluding diaryl/α,β-unsaturated/α-hetero) is 1. The summed E-state index contributed by atoms with van der Waals surface area (Å²) in [5.74, 6) is 0.469. The van der Waals surface area contributed by atoms with Crippen LogP contribution in [-0.2, 0) is 6.42 Å². The summed E-state index contributed by atoms with van der Waals surface area (Å²) in [5, 5.41) is 0. The second kappa shape index (κ2) is 5.47. The highest BCUT2D eigenvalue weighted by molar-refractivity contribution is 6.03. The molecule has 0 amide bonds. The molecule has 0 saturated heterocycles. The van der Waals surface area contributed by atoms with Gasteiger partial charge in [0.25, 0.3) is 0 Å². The van der Waals surface area contributed by atoms with E-state index in [4.69, 9.17) is 10.5 Å². The van der Waals surface area contributed by atoms with Gasteiger partial charge in [-0.3, -0.25) is 4.79 Å². The minimum atomic E-state index is -0.313. The van der Waals surface area contributed by atoms with E-state index in [2.05, 4.69) is 0 Å². The topological polar surface area (TPSA) is 52.3 Å². The van der Waals surface area contributed by atoms with Crippen LogP contribution in [0.5, 0.6) is 5.75 Å². The van der Waals surface area contributed by atoms with E-state index in [-0.39, 0.29) is 11.7 Å². The average molecular weight is 267 g/mol. The van der Waals surface area contributed by atoms with Crippen molar-refractivity contribution in [3.63, 3.8) is 0 Å². The molecule has 0 radical (unpaired) electrons. The first-order valence-electron chi connectivity index (χ1n) is 6.85. The van der Waals surface area contributed by atoms with Gasteiger partial charge in [0.05, 0.1) is 18.1 Å². The van der Waals surface area contributed by atoms with Gasteiger partial charge in [-0.05, 0) is 17.2 Å². The van der Waals surface area contributed by atoms with Gasteiger partial charge in [-0.25, -0.2) is 0 Å². The molecule has 1 heterocycles. The molecule has 3 rings (SSSR count). The van der Waals surface area contributed by atoms with Gasteiger partial charge < -0.3 is 10.5 Å². The zero-order chi connectivity index (χ0) is 13.9. The Morgan fingerprint density at radius 3 is 2.70 bits per heavy atom. The van der Waals surface area contributed by atoms with Crippen LogP contribution in [0.2, 0.25) is 0 Å². The van der Waals surface area contributed by atoms with Gasteiger partial charge in [-0.2, -0.15) is 0 Å². The minimum Gasteiger partial charge on any atom is -0.492 e. The maximum absolute atomic E-state index is 12.8. The number of benzene rings is 2. The van der Waals surface area contributed by atoms with Gasteiger partial charge in [0.1, 0.15) is 5.75 Å². The molecule has 0 bridgehead atoms. The first-order chi connectivity index (χ1) is 9.81. The predicted molar refractivity (Wildman–Crippen MR) is 78.2 cm³/mol. The smallest absolute Gasteiger partial charge is 0.175 e. The van der Waals surface area contributed by atoms with Crippen molar-refractivity contribution in [2.45, 2.75) is 12.3 Å². The maximum Gasteiger partial charge on any atom is 0.175 e. The molecule has 0 saturated carbocycles. The monoisotopic (exact) mass is 267 g/mol. The summed E-state index contributed by atoms with van der Waals surface area (Å²) in [6.07, 6.45) is 0.870. The van der Waals surface area contributed by atoms with E-state index >= 15 is 0 Å². The van der Waals surface area contributed by atoms with Gasteiger partial charge in [-0.15, -0.1) is 0 Å². The molecule has 2 aromatic rings. The molecule has 0 spiro atoms. The molecule has 1 aliphatic rings. The third kappa shape index (κ3) is 2.21. The molecule has 3 nitrogen and oxygen atoms in total. The van der Waals surface area contributed by atoms with Crippen LogP contribution >= 0.6 is 0 Å². The van der Waals surface area contributed by atoms with Gasteiger partial charge in [0.15, 0.2) is 5.78 Å². The van der Waals surface area contributed by atoms with Crippen LogP contribution in [0.1, 0.15) is 27.4 Å². The fourth-order valence-electron chi connectivity index (χ4n) is 2.68. The van der Waals surface area contributed by atoms with Gasteiger partial charge >= 0.3 is 0 Å². The average Bonchev–Trinajstić information content (AvgIpc) is 2.97. The highest BCUT2D eigenvalue weighted by Crippen LogP contribution is 2.32. The normalized spacial score (nSPS) is 14.4. The van der Waals surface area contributed by atoms with Crippen molar-refractivity contribution in [3.05, 3.63) is 65.2 Å². The Morgan fingerprint density at radius 2 is 1.95 bits per heavy atom. The number of hydrogen-bond acceptors (Lipinski definition) is 3. The Hall–Kier alpha value is -2.13. The number of carbonyl (C=O) groups is 1. The van der Waals surface area contributed by atoms with Crippen LogP contribution in [0.4, 0.5) is 0 Å². The van der Waals surface area contributed by atoms with Gasteiger partial charge in [0, 0.05) is 13.0 Å². The third-order valence-corrected chi connectivity index (χ3v) is 3.73. The van der Waals surface area contributed by atoms with E-state index in [0.29, 0.717) is 18.7 Å². The highest BCUT2D eigenvalue weighted by Gasteiger charge is 2.26. The summed E-state index contributed by atoms with van der Waals surface area (Å²) < 4.78 is 5.62. The summed E-state index contributed by atoms with van der Waals surface area (Å²) in [7, 11) is 0. The Balaban J connectivity index is 1.98. The number of ether oxygens (including phenoxy) is 1. The van der Waals surface area contributed by atoms with E-state index in [1.54, 1.807) is 0 Å². The number of hydrogen-bond donors (Lipinski definition) is 1. The van der Waals surface area contributed by atoms with E-state index < -0.39 is 0 Å². The summed E-state index contributed by atoms with van der Waals surface area (Å²) >= 11 is 0. The van der Waals surface area contributed by atoms with Crippen molar-refractivity contribution < 1.29 is 9.53 Å². The molecule has 1 unspecified atom stereocenters. The van der Waals surface area contributed by atoms with E-state index in [1.165, 1.54) is 0 Å². The lowest BCUT2D eigenvalue weighted by atomic mass is 9.89. The number of fused-ring (bicyclic) bond motifs is 1. The van der Waals surface area contributed by atoms with Crippen LogP contribution in [0.25, 0.3) is 0 Å². The van der Waals surface area contributed by atoms with Crippen molar-refractivity contribution in [1.82, 2.24) is 0 Å². The second-order valence-corrected chi connectivity index (χ2v) is 4.96. The third-order valence-electron chi connectivity index (χ3n) is 3.73. The van der Waals surface area contributed by atoms with Crippen LogP contribution in [0.15, 0.2) is 48.5 Å². The lowest BCUT2D eigenvalue weighted by Gasteiger charge is -2.16. The van der Waals surface area contributed by atoms with Crippen LogP contribution in [0, 0.1) is 0 Å². The Labute approximate surface area is 118 Å². The fourth-order valence-corrected chi connectivity index (χ4v) is 2.68. The maximum atomic E-state index is 12.8. The molecular weight excluding hydrogens is 250 g/mol. The lowest BCUT2D eigenvalue weighted by Crippen LogP contribution is -2.22. The van der Waals surface area contributed by atoms with Crippen molar-refractivity contribution in [2.24, 2.45) is 5.73 Å². The highest BCUT2D eigenvalue weighted by atomic mass is 16.5. The van der Waals surface area contributed by atoms with Crippen molar-refractivity contribution in [1.29, 1.82) is 0 Å². The van der Waals surface area contributed by atoms with Crippen molar-refractivity contribution >= 4 is 5.78 Å². The van der Waals surface area contributed by atoms with Crippen LogP contribution in [0.3, 0.4) is 0 Å². The Bertz CT molecular complexity index is 622. The molecule has 2 aromatic carbocycles. The molecule has 2 N–H and O–H groups in total. The molecule has 3 heteroatoms. The molecule has 1 aliphatic heterocycles. The Kier molecular flexibility index (Phi) is 3.52. The minimum absolute atomic E-state index is 0.0393. The number of carbonyl (C=O) groups excluding carboxylic acids is 1. The summed E-state index contributed by atoms with van der Waals surface area (Å²) in [6, 6.07) is 15.4.